The lowest BCUT2D eigenvalue weighted by atomic mass is 9.86. The Morgan fingerprint density at radius 3 is 2.36 bits per heavy atom. The molecule has 0 amide bonds. The number of nitrogens with zero attached hydrogens (tertiary/aromatic N) is 5. The summed E-state index contributed by atoms with van der Waals surface area (Å²) in [5.74, 6) is 1.12. The number of piperidine rings is 1. The molecule has 33 heavy (non-hydrogen) atoms. The van der Waals surface area contributed by atoms with Gasteiger partial charge in [-0.05, 0) is 57.6 Å². The minimum Gasteiger partial charge on any atom is -0.328 e. The summed E-state index contributed by atoms with van der Waals surface area (Å²) >= 11 is 0. The average Bonchev–Trinajstić information content (AvgIpc) is 3.28. The molecule has 3 aromatic rings. The van der Waals surface area contributed by atoms with E-state index >= 15 is 0 Å². The van der Waals surface area contributed by atoms with Gasteiger partial charge in [0.15, 0.2) is 5.65 Å². The van der Waals surface area contributed by atoms with E-state index in [4.69, 9.17) is 15.7 Å². The Morgan fingerprint density at radius 2 is 1.70 bits per heavy atom. The fourth-order valence-corrected chi connectivity index (χ4v) is 6.51. The molecule has 2 N–H and O–H groups in total. The largest absolute Gasteiger partial charge is 0.328 e. The first-order valence-electron chi connectivity index (χ1n) is 12.1. The monoisotopic (exact) mass is 468 g/mol. The van der Waals surface area contributed by atoms with Gasteiger partial charge < -0.3 is 10.3 Å². The minimum absolute atomic E-state index is 0.264. The topological polar surface area (TPSA) is 107 Å². The molecule has 0 radical (unpaired) electrons. The third-order valence-electron chi connectivity index (χ3n) is 7.04. The predicted octanol–water partition coefficient (Wildman–Crippen LogP) is 3.67. The van der Waals surface area contributed by atoms with Gasteiger partial charge in [-0.1, -0.05) is 18.6 Å². The lowest BCUT2D eigenvalue weighted by molar-refractivity contribution is 0.346. The molecule has 2 aliphatic rings. The average molecular weight is 469 g/mol. The van der Waals surface area contributed by atoms with Crippen LogP contribution in [0.2, 0.25) is 0 Å². The van der Waals surface area contributed by atoms with Gasteiger partial charge in [-0.25, -0.2) is 23.4 Å². The van der Waals surface area contributed by atoms with Gasteiger partial charge in [0.1, 0.15) is 17.0 Å². The number of imidazole rings is 1. The van der Waals surface area contributed by atoms with Gasteiger partial charge in [0.05, 0.1) is 11.2 Å². The van der Waals surface area contributed by atoms with E-state index in [-0.39, 0.29) is 12.0 Å². The second-order valence-corrected chi connectivity index (χ2v) is 11.2. The van der Waals surface area contributed by atoms with Gasteiger partial charge in [-0.2, -0.15) is 4.31 Å². The molecule has 2 aromatic heterocycles. The van der Waals surface area contributed by atoms with E-state index in [1.807, 2.05) is 16.7 Å². The van der Waals surface area contributed by atoms with E-state index < -0.39 is 10.0 Å². The normalized spacial score (nSPS) is 22.6. The third kappa shape index (κ3) is 4.29. The molecule has 1 saturated carbocycles. The van der Waals surface area contributed by atoms with Gasteiger partial charge >= 0.3 is 0 Å². The molecule has 0 spiro atoms. The Bertz CT molecular complexity index is 1220. The summed E-state index contributed by atoms with van der Waals surface area (Å²) in [6.45, 7) is 4.04. The van der Waals surface area contributed by atoms with Crippen molar-refractivity contribution < 1.29 is 8.42 Å². The number of fused-ring (bicyclic) bond motifs is 1. The van der Waals surface area contributed by atoms with E-state index in [1.165, 1.54) is 0 Å². The molecule has 1 aliphatic heterocycles. The van der Waals surface area contributed by atoms with Crippen LogP contribution in [0, 0.1) is 0 Å². The molecule has 0 atom stereocenters. The molecule has 5 rings (SSSR count). The number of benzene rings is 1. The van der Waals surface area contributed by atoms with Crippen molar-refractivity contribution in [1.29, 1.82) is 0 Å². The zero-order valence-electron chi connectivity index (χ0n) is 19.2. The highest BCUT2D eigenvalue weighted by Crippen LogP contribution is 2.34. The second-order valence-electron chi connectivity index (χ2n) is 9.23. The van der Waals surface area contributed by atoms with Crippen LogP contribution >= 0.6 is 0 Å². The number of aromatic nitrogens is 4. The molecule has 1 saturated heterocycles. The van der Waals surface area contributed by atoms with Crippen LogP contribution in [-0.2, 0) is 16.6 Å². The van der Waals surface area contributed by atoms with Crippen molar-refractivity contribution in [1.82, 2.24) is 23.8 Å². The number of aryl methyl sites for hydroxylation is 1. The Hall–Kier alpha value is -2.36. The molecule has 9 heteroatoms. The lowest BCUT2D eigenvalue weighted by Gasteiger charge is -2.26. The van der Waals surface area contributed by atoms with Crippen LogP contribution in [0.15, 0.2) is 35.5 Å². The van der Waals surface area contributed by atoms with Crippen LogP contribution in [0.1, 0.15) is 63.6 Å². The highest BCUT2D eigenvalue weighted by Gasteiger charge is 2.27. The number of hydrogen-bond acceptors (Lipinski definition) is 6. The lowest BCUT2D eigenvalue weighted by Crippen LogP contribution is -2.35. The smallest absolute Gasteiger partial charge is 0.243 e. The molecule has 0 unspecified atom stereocenters. The summed E-state index contributed by atoms with van der Waals surface area (Å²) in [7, 11) is -3.46. The van der Waals surface area contributed by atoms with Gasteiger partial charge in [-0.15, -0.1) is 0 Å². The van der Waals surface area contributed by atoms with Crippen LogP contribution in [0.25, 0.3) is 22.4 Å². The highest BCUT2D eigenvalue weighted by molar-refractivity contribution is 7.89. The first-order chi connectivity index (χ1) is 16.0. The third-order valence-corrected chi connectivity index (χ3v) is 8.95. The fraction of sp³-hybridized carbons (Fsp3) is 0.542. The fourth-order valence-electron chi connectivity index (χ4n) is 4.99. The molecular formula is C24H32N6O2S. The van der Waals surface area contributed by atoms with Crippen molar-refractivity contribution in [3.8, 4) is 11.3 Å². The van der Waals surface area contributed by atoms with Crippen molar-refractivity contribution in [2.45, 2.75) is 75.3 Å². The van der Waals surface area contributed by atoms with Crippen molar-refractivity contribution >= 4 is 21.2 Å². The maximum Gasteiger partial charge on any atom is 0.243 e. The van der Waals surface area contributed by atoms with Crippen molar-refractivity contribution in [3.63, 3.8) is 0 Å². The maximum absolute atomic E-state index is 13.1. The van der Waals surface area contributed by atoms with Crippen molar-refractivity contribution in [2.75, 3.05) is 13.1 Å². The maximum atomic E-state index is 13.1. The Kier molecular flexibility index (Phi) is 6.20. The van der Waals surface area contributed by atoms with Gasteiger partial charge in [-0.3, -0.25) is 0 Å². The van der Waals surface area contributed by atoms with Crippen molar-refractivity contribution in [2.24, 2.45) is 5.73 Å². The molecule has 1 aliphatic carbocycles. The summed E-state index contributed by atoms with van der Waals surface area (Å²) in [6.07, 6.45) is 8.68. The van der Waals surface area contributed by atoms with Crippen LogP contribution < -0.4 is 5.73 Å². The highest BCUT2D eigenvalue weighted by atomic mass is 32.2. The zero-order valence-corrected chi connectivity index (χ0v) is 20.0. The standard InChI is InChI=1S/C24H32N6O2S/c1-2-29-16-26-22-21(27-23(28-24(22)29)18-6-10-19(25)11-7-18)17-8-12-20(13-9-17)33(31,32)30-14-4-3-5-15-30/h8-9,12-13,16,18-19H,2-7,10-11,14-15,25H2,1H3. The predicted molar refractivity (Wildman–Crippen MR) is 128 cm³/mol. The number of nitrogens with two attached hydrogens (primary N) is 1. The SMILES string of the molecule is CCn1cnc2c(-c3ccc(S(=O)(=O)N4CCCCC4)cc3)nc(C3CCC(N)CC3)nc21. The Morgan fingerprint density at radius 1 is 1.00 bits per heavy atom. The van der Waals surface area contributed by atoms with Gasteiger partial charge in [0.25, 0.3) is 0 Å². The first-order valence-corrected chi connectivity index (χ1v) is 13.5. The molecule has 2 fully saturated rings. The van der Waals surface area contributed by atoms with Crippen LogP contribution in [-0.4, -0.2) is 51.4 Å². The molecule has 0 bridgehead atoms. The summed E-state index contributed by atoms with van der Waals surface area (Å²) in [5.41, 5.74) is 9.31. The van der Waals surface area contributed by atoms with Crippen LogP contribution in [0.3, 0.4) is 0 Å². The molecule has 3 heterocycles. The summed E-state index contributed by atoms with van der Waals surface area (Å²) in [6, 6.07) is 7.36. The minimum atomic E-state index is -3.46. The first kappa shape index (κ1) is 22.4. The van der Waals surface area contributed by atoms with E-state index in [9.17, 15) is 8.42 Å². The van der Waals surface area contributed by atoms with E-state index in [2.05, 4.69) is 11.9 Å². The van der Waals surface area contributed by atoms with E-state index in [1.54, 1.807) is 22.8 Å². The van der Waals surface area contributed by atoms with Crippen LogP contribution in [0.4, 0.5) is 0 Å². The Balaban J connectivity index is 1.53. The summed E-state index contributed by atoms with van der Waals surface area (Å²) in [4.78, 5) is 14.8. The molecule has 8 nitrogen and oxygen atoms in total. The Labute approximate surface area is 195 Å². The number of rotatable bonds is 5. The van der Waals surface area contributed by atoms with E-state index in [0.29, 0.717) is 18.0 Å². The van der Waals surface area contributed by atoms with Gasteiger partial charge in [0, 0.05) is 37.2 Å². The van der Waals surface area contributed by atoms with Crippen LogP contribution in [0.5, 0.6) is 0 Å². The quantitative estimate of drug-likeness (QED) is 0.612. The molecule has 1 aromatic carbocycles. The molecule has 176 valence electrons. The van der Waals surface area contributed by atoms with Gasteiger partial charge in [0.2, 0.25) is 10.0 Å². The summed E-state index contributed by atoms with van der Waals surface area (Å²) < 4.78 is 29.7. The van der Waals surface area contributed by atoms with E-state index in [0.717, 1.165) is 79.7 Å². The summed E-state index contributed by atoms with van der Waals surface area (Å²) in [5, 5.41) is 0. The zero-order chi connectivity index (χ0) is 23.0. The van der Waals surface area contributed by atoms with Crippen molar-refractivity contribution in [3.05, 3.63) is 36.4 Å². The second kappa shape index (κ2) is 9.12. The molecular weight excluding hydrogens is 436 g/mol. The number of hydrogen-bond donors (Lipinski definition) is 1. The number of sulfonamides is 1.